The van der Waals surface area contributed by atoms with Crippen molar-refractivity contribution < 1.29 is 23.8 Å². The standard InChI is InChI=1S/C29H31FN2O4/c1-4-31(5-2)15-6-16-32-26(19-9-12-23(30)13-10-19)25(28(34)29(32)35)27(33)22-8-7-21-18-24(36-3)14-11-20(21)17-22/h7-14,17-18,26,33H,4-6,15-16H2,1-3H3/b27-25+. The molecule has 1 heterocycles. The van der Waals surface area contributed by atoms with E-state index in [4.69, 9.17) is 4.74 Å². The quantitative estimate of drug-likeness (QED) is 0.256. The number of rotatable bonds is 9. The molecule has 7 heteroatoms. The molecule has 1 unspecified atom stereocenters. The number of amides is 1. The van der Waals surface area contributed by atoms with Gasteiger partial charge in [-0.05, 0) is 72.7 Å². The largest absolute Gasteiger partial charge is 0.507 e. The molecule has 0 aromatic heterocycles. The summed E-state index contributed by atoms with van der Waals surface area (Å²) in [5, 5.41) is 13.1. The fourth-order valence-electron chi connectivity index (χ4n) is 4.76. The van der Waals surface area contributed by atoms with Gasteiger partial charge in [-0.2, -0.15) is 0 Å². The van der Waals surface area contributed by atoms with Crippen LogP contribution < -0.4 is 4.74 Å². The van der Waals surface area contributed by atoms with Crippen molar-refractivity contribution in [1.29, 1.82) is 0 Å². The molecule has 0 aliphatic carbocycles. The van der Waals surface area contributed by atoms with Crippen LogP contribution in [-0.4, -0.2) is 59.9 Å². The first-order valence-corrected chi connectivity index (χ1v) is 12.2. The average Bonchev–Trinajstić information content (AvgIpc) is 3.15. The molecular weight excluding hydrogens is 459 g/mol. The maximum Gasteiger partial charge on any atom is 0.295 e. The Morgan fingerprint density at radius 1 is 1.00 bits per heavy atom. The van der Waals surface area contributed by atoms with Gasteiger partial charge in [-0.15, -0.1) is 0 Å². The minimum atomic E-state index is -0.797. The summed E-state index contributed by atoms with van der Waals surface area (Å²) < 4.78 is 19.0. The van der Waals surface area contributed by atoms with Crippen LogP contribution in [-0.2, 0) is 9.59 Å². The van der Waals surface area contributed by atoms with E-state index < -0.39 is 23.5 Å². The maximum atomic E-state index is 13.7. The van der Waals surface area contributed by atoms with Crippen molar-refractivity contribution >= 4 is 28.2 Å². The van der Waals surface area contributed by atoms with E-state index in [0.717, 1.165) is 30.4 Å². The molecule has 0 saturated carbocycles. The highest BCUT2D eigenvalue weighted by molar-refractivity contribution is 6.46. The third kappa shape index (κ3) is 4.97. The van der Waals surface area contributed by atoms with Gasteiger partial charge in [0.2, 0.25) is 0 Å². The molecule has 0 bridgehead atoms. The van der Waals surface area contributed by atoms with E-state index in [1.807, 2.05) is 24.3 Å². The molecule has 6 nitrogen and oxygen atoms in total. The fourth-order valence-corrected chi connectivity index (χ4v) is 4.76. The monoisotopic (exact) mass is 490 g/mol. The van der Waals surface area contributed by atoms with Crippen LogP contribution in [0, 0.1) is 5.82 Å². The van der Waals surface area contributed by atoms with E-state index in [9.17, 15) is 19.1 Å². The Kier molecular flexibility index (Phi) is 7.70. The molecule has 1 fully saturated rings. The number of halogens is 1. The number of likely N-dealkylation sites (tertiary alicyclic amines) is 1. The number of aliphatic hydroxyl groups is 1. The Bertz CT molecular complexity index is 1300. The lowest BCUT2D eigenvalue weighted by molar-refractivity contribution is -0.140. The molecule has 36 heavy (non-hydrogen) atoms. The van der Waals surface area contributed by atoms with E-state index in [1.165, 1.54) is 17.0 Å². The molecule has 3 aromatic rings. The van der Waals surface area contributed by atoms with Gasteiger partial charge in [0.25, 0.3) is 11.7 Å². The molecule has 3 aromatic carbocycles. The number of fused-ring (bicyclic) bond motifs is 1. The summed E-state index contributed by atoms with van der Waals surface area (Å²) in [4.78, 5) is 30.1. The zero-order chi connectivity index (χ0) is 25.8. The van der Waals surface area contributed by atoms with Crippen molar-refractivity contribution in [2.75, 3.05) is 33.3 Å². The summed E-state index contributed by atoms with van der Waals surface area (Å²) in [5.74, 6) is -1.34. The predicted octanol–water partition coefficient (Wildman–Crippen LogP) is 5.14. The van der Waals surface area contributed by atoms with Crippen molar-refractivity contribution in [3.8, 4) is 5.75 Å². The first-order valence-electron chi connectivity index (χ1n) is 12.2. The Balaban J connectivity index is 1.76. The first kappa shape index (κ1) is 25.4. The molecule has 1 N–H and O–H groups in total. The van der Waals surface area contributed by atoms with Gasteiger partial charge in [0.1, 0.15) is 17.3 Å². The Labute approximate surface area is 210 Å². The number of nitrogens with zero attached hydrogens (tertiary/aromatic N) is 2. The maximum absolute atomic E-state index is 13.7. The van der Waals surface area contributed by atoms with Crippen molar-refractivity contribution in [2.24, 2.45) is 0 Å². The van der Waals surface area contributed by atoms with Crippen LogP contribution in [0.25, 0.3) is 16.5 Å². The number of hydrogen-bond acceptors (Lipinski definition) is 5. The number of hydrogen-bond donors (Lipinski definition) is 1. The molecule has 1 atom stereocenters. The normalized spacial score (nSPS) is 17.4. The van der Waals surface area contributed by atoms with Gasteiger partial charge in [0.05, 0.1) is 18.7 Å². The Morgan fingerprint density at radius 2 is 1.67 bits per heavy atom. The van der Waals surface area contributed by atoms with Gasteiger partial charge in [-0.3, -0.25) is 9.59 Å². The van der Waals surface area contributed by atoms with E-state index in [2.05, 4.69) is 18.7 Å². The summed E-state index contributed by atoms with van der Waals surface area (Å²) in [6.45, 7) is 7.06. The molecule has 1 aliphatic rings. The smallest absolute Gasteiger partial charge is 0.295 e. The zero-order valence-electron chi connectivity index (χ0n) is 20.8. The molecule has 1 amide bonds. The van der Waals surface area contributed by atoms with Crippen LogP contribution in [0.3, 0.4) is 0 Å². The zero-order valence-corrected chi connectivity index (χ0v) is 20.8. The number of carbonyl (C=O) groups is 2. The third-order valence-electron chi connectivity index (χ3n) is 6.81. The number of carbonyl (C=O) groups excluding carboxylic acids is 2. The Morgan fingerprint density at radius 3 is 2.33 bits per heavy atom. The van der Waals surface area contributed by atoms with E-state index in [-0.39, 0.29) is 11.3 Å². The Hall–Kier alpha value is -3.71. The van der Waals surface area contributed by atoms with Crippen molar-refractivity contribution in [3.05, 3.63) is 83.2 Å². The number of benzene rings is 3. The number of methoxy groups -OCH3 is 1. The van der Waals surface area contributed by atoms with Crippen LogP contribution in [0.2, 0.25) is 0 Å². The second-order valence-electron chi connectivity index (χ2n) is 8.85. The fraction of sp³-hybridized carbons (Fsp3) is 0.310. The number of aliphatic hydroxyl groups excluding tert-OH is 1. The molecule has 0 radical (unpaired) electrons. The minimum absolute atomic E-state index is 0.0160. The van der Waals surface area contributed by atoms with Crippen LogP contribution in [0.15, 0.2) is 66.2 Å². The lowest BCUT2D eigenvalue weighted by atomic mass is 9.94. The van der Waals surface area contributed by atoms with E-state index >= 15 is 0 Å². The first-order chi connectivity index (χ1) is 17.4. The van der Waals surface area contributed by atoms with Crippen molar-refractivity contribution in [1.82, 2.24) is 9.80 Å². The summed E-state index contributed by atoms with van der Waals surface area (Å²) in [6, 6.07) is 15.8. The van der Waals surface area contributed by atoms with Gasteiger partial charge in [-0.25, -0.2) is 4.39 Å². The lowest BCUT2D eigenvalue weighted by Gasteiger charge is -2.26. The van der Waals surface area contributed by atoms with E-state index in [1.54, 1.807) is 31.4 Å². The summed E-state index contributed by atoms with van der Waals surface area (Å²) >= 11 is 0. The highest BCUT2D eigenvalue weighted by atomic mass is 19.1. The van der Waals surface area contributed by atoms with Crippen molar-refractivity contribution in [2.45, 2.75) is 26.3 Å². The molecule has 188 valence electrons. The summed E-state index contributed by atoms with van der Waals surface area (Å²) in [5.41, 5.74) is 1.02. The third-order valence-corrected chi connectivity index (χ3v) is 6.81. The van der Waals surface area contributed by atoms with Crippen LogP contribution in [0.5, 0.6) is 5.75 Å². The van der Waals surface area contributed by atoms with Crippen LogP contribution in [0.4, 0.5) is 4.39 Å². The van der Waals surface area contributed by atoms with Crippen LogP contribution >= 0.6 is 0 Å². The molecule has 0 spiro atoms. The average molecular weight is 491 g/mol. The molecular formula is C29H31FN2O4. The van der Waals surface area contributed by atoms with Gasteiger partial charge < -0.3 is 19.6 Å². The highest BCUT2D eigenvalue weighted by Gasteiger charge is 2.45. The number of ether oxygens (including phenoxy) is 1. The van der Waals surface area contributed by atoms with Gasteiger partial charge in [0, 0.05) is 12.1 Å². The second-order valence-corrected chi connectivity index (χ2v) is 8.85. The number of ketones is 1. The van der Waals surface area contributed by atoms with Crippen LogP contribution in [0.1, 0.15) is 37.4 Å². The summed E-state index contributed by atoms with van der Waals surface area (Å²) in [7, 11) is 1.60. The minimum Gasteiger partial charge on any atom is -0.507 e. The van der Waals surface area contributed by atoms with Gasteiger partial charge in [-0.1, -0.05) is 44.2 Å². The molecule has 1 saturated heterocycles. The predicted molar refractivity (Wildman–Crippen MR) is 138 cm³/mol. The lowest BCUT2D eigenvalue weighted by Crippen LogP contribution is -2.33. The molecule has 4 rings (SSSR count). The van der Waals surface area contributed by atoms with E-state index in [0.29, 0.717) is 29.8 Å². The SMILES string of the molecule is CCN(CC)CCCN1C(=O)C(=O)/C(=C(/O)c2ccc3cc(OC)ccc3c2)C1c1ccc(F)cc1. The van der Waals surface area contributed by atoms with Crippen molar-refractivity contribution in [3.63, 3.8) is 0 Å². The van der Waals surface area contributed by atoms with Gasteiger partial charge >= 0.3 is 0 Å². The van der Waals surface area contributed by atoms with Gasteiger partial charge in [0.15, 0.2) is 0 Å². The number of Topliss-reactive ketones (excluding diaryl/α,β-unsaturated/α-hetero) is 1. The topological polar surface area (TPSA) is 70.1 Å². The highest BCUT2D eigenvalue weighted by Crippen LogP contribution is 2.40. The second kappa shape index (κ2) is 10.9. The molecule has 1 aliphatic heterocycles. The summed E-state index contributed by atoms with van der Waals surface area (Å²) in [6.07, 6.45) is 0.671.